The van der Waals surface area contributed by atoms with E-state index in [1.54, 1.807) is 0 Å². The van der Waals surface area contributed by atoms with E-state index >= 15 is 0 Å². The molecule has 0 spiro atoms. The molecule has 0 saturated heterocycles. The lowest BCUT2D eigenvalue weighted by molar-refractivity contribution is 0.705. The van der Waals surface area contributed by atoms with Gasteiger partial charge in [-0.25, -0.2) is 0 Å². The smallest absolute Gasteiger partial charge is 0.0622 e. The van der Waals surface area contributed by atoms with Crippen LogP contribution in [-0.2, 0) is 12.8 Å². The van der Waals surface area contributed by atoms with E-state index in [1.165, 1.54) is 30.7 Å². The quantitative estimate of drug-likeness (QED) is 0.636. The SMILES string of the molecule is CC(C)c1cnc2c(n1)CCCCC2. The van der Waals surface area contributed by atoms with Gasteiger partial charge in [-0.2, -0.15) is 0 Å². The Labute approximate surface area is 85.8 Å². The molecule has 0 radical (unpaired) electrons. The second-order valence-corrected chi connectivity index (χ2v) is 4.40. The van der Waals surface area contributed by atoms with E-state index in [9.17, 15) is 0 Å². The maximum absolute atomic E-state index is 4.71. The minimum Gasteiger partial charge on any atom is -0.257 e. The third kappa shape index (κ3) is 1.94. The largest absolute Gasteiger partial charge is 0.257 e. The van der Waals surface area contributed by atoms with Crippen LogP contribution in [0.5, 0.6) is 0 Å². The van der Waals surface area contributed by atoms with Crippen molar-refractivity contribution in [2.45, 2.75) is 51.9 Å². The van der Waals surface area contributed by atoms with Crippen LogP contribution in [0.2, 0.25) is 0 Å². The van der Waals surface area contributed by atoms with Crippen molar-refractivity contribution in [1.29, 1.82) is 0 Å². The van der Waals surface area contributed by atoms with Gasteiger partial charge in [-0.15, -0.1) is 0 Å². The van der Waals surface area contributed by atoms with Crippen molar-refractivity contribution in [3.63, 3.8) is 0 Å². The number of fused-ring (bicyclic) bond motifs is 1. The summed E-state index contributed by atoms with van der Waals surface area (Å²) in [6.45, 7) is 4.35. The summed E-state index contributed by atoms with van der Waals surface area (Å²) >= 11 is 0. The monoisotopic (exact) mass is 190 g/mol. The summed E-state index contributed by atoms with van der Waals surface area (Å²) in [6.07, 6.45) is 8.10. The first-order valence-electron chi connectivity index (χ1n) is 5.62. The highest BCUT2D eigenvalue weighted by molar-refractivity contribution is 5.17. The third-order valence-corrected chi connectivity index (χ3v) is 2.87. The standard InChI is InChI=1S/C12H18N2/c1-9(2)12-8-13-10-6-4-3-5-7-11(10)14-12/h8-9H,3-7H2,1-2H3. The molecule has 0 bridgehead atoms. The van der Waals surface area contributed by atoms with Crippen molar-refractivity contribution in [3.8, 4) is 0 Å². The predicted octanol–water partition coefficient (Wildman–Crippen LogP) is 2.87. The summed E-state index contributed by atoms with van der Waals surface area (Å²) in [4.78, 5) is 9.25. The Bertz CT molecular complexity index is 318. The van der Waals surface area contributed by atoms with Crippen LogP contribution in [0.1, 0.15) is 56.1 Å². The van der Waals surface area contributed by atoms with E-state index in [-0.39, 0.29) is 0 Å². The summed E-state index contributed by atoms with van der Waals surface area (Å²) in [5.74, 6) is 0.496. The molecule has 0 unspecified atom stereocenters. The zero-order chi connectivity index (χ0) is 9.97. The molecule has 0 fully saturated rings. The van der Waals surface area contributed by atoms with Gasteiger partial charge in [0.2, 0.25) is 0 Å². The zero-order valence-corrected chi connectivity index (χ0v) is 9.08. The molecule has 1 aromatic heterocycles. The Hall–Kier alpha value is -0.920. The van der Waals surface area contributed by atoms with Crippen LogP contribution in [0.4, 0.5) is 0 Å². The molecule has 14 heavy (non-hydrogen) atoms. The first kappa shape index (κ1) is 9.63. The number of nitrogens with zero attached hydrogens (tertiary/aromatic N) is 2. The maximum Gasteiger partial charge on any atom is 0.0622 e. The summed E-state index contributed by atoms with van der Waals surface area (Å²) in [6, 6.07) is 0. The van der Waals surface area contributed by atoms with Gasteiger partial charge < -0.3 is 0 Å². The molecular formula is C12H18N2. The molecular weight excluding hydrogens is 172 g/mol. The van der Waals surface area contributed by atoms with Gasteiger partial charge in [0.15, 0.2) is 0 Å². The lowest BCUT2D eigenvalue weighted by Crippen LogP contribution is -2.03. The third-order valence-electron chi connectivity index (χ3n) is 2.87. The normalized spacial score (nSPS) is 16.5. The van der Waals surface area contributed by atoms with Crippen LogP contribution in [0.3, 0.4) is 0 Å². The number of aryl methyl sites for hydroxylation is 2. The lowest BCUT2D eigenvalue weighted by Gasteiger charge is -2.08. The molecule has 2 heteroatoms. The molecule has 0 aromatic carbocycles. The Balaban J connectivity index is 2.32. The van der Waals surface area contributed by atoms with Crippen molar-refractivity contribution >= 4 is 0 Å². The molecule has 1 heterocycles. The lowest BCUT2D eigenvalue weighted by atomic mass is 10.1. The van der Waals surface area contributed by atoms with E-state index < -0.39 is 0 Å². The van der Waals surface area contributed by atoms with E-state index in [0.717, 1.165) is 18.5 Å². The van der Waals surface area contributed by atoms with Gasteiger partial charge in [0.05, 0.1) is 17.1 Å². The Morgan fingerprint density at radius 3 is 2.50 bits per heavy atom. The van der Waals surface area contributed by atoms with Gasteiger partial charge in [0.1, 0.15) is 0 Å². The van der Waals surface area contributed by atoms with E-state index in [0.29, 0.717) is 5.92 Å². The van der Waals surface area contributed by atoms with Gasteiger partial charge in [0, 0.05) is 6.20 Å². The van der Waals surface area contributed by atoms with E-state index in [2.05, 4.69) is 18.8 Å². The molecule has 1 aromatic rings. The summed E-state index contributed by atoms with van der Waals surface area (Å²) < 4.78 is 0. The molecule has 1 aliphatic carbocycles. The van der Waals surface area contributed by atoms with Gasteiger partial charge >= 0.3 is 0 Å². The highest BCUT2D eigenvalue weighted by Gasteiger charge is 2.12. The number of hydrogen-bond acceptors (Lipinski definition) is 2. The zero-order valence-electron chi connectivity index (χ0n) is 9.08. The van der Waals surface area contributed by atoms with Crippen LogP contribution < -0.4 is 0 Å². The highest BCUT2D eigenvalue weighted by atomic mass is 14.8. The fourth-order valence-corrected chi connectivity index (χ4v) is 1.92. The predicted molar refractivity (Wildman–Crippen MR) is 57.4 cm³/mol. The number of hydrogen-bond donors (Lipinski definition) is 0. The molecule has 2 rings (SSSR count). The molecule has 76 valence electrons. The van der Waals surface area contributed by atoms with Crippen molar-refractivity contribution in [3.05, 3.63) is 23.3 Å². The summed E-state index contributed by atoms with van der Waals surface area (Å²) in [7, 11) is 0. The Morgan fingerprint density at radius 2 is 1.79 bits per heavy atom. The Kier molecular flexibility index (Phi) is 2.80. The topological polar surface area (TPSA) is 25.8 Å². The molecule has 0 amide bonds. The minimum absolute atomic E-state index is 0.496. The molecule has 0 atom stereocenters. The average Bonchev–Trinajstić information content (AvgIpc) is 2.41. The summed E-state index contributed by atoms with van der Waals surface area (Å²) in [5.41, 5.74) is 3.64. The fraction of sp³-hybridized carbons (Fsp3) is 0.667. The Morgan fingerprint density at radius 1 is 1.07 bits per heavy atom. The summed E-state index contributed by atoms with van der Waals surface area (Å²) in [5, 5.41) is 0. The first-order valence-corrected chi connectivity index (χ1v) is 5.62. The van der Waals surface area contributed by atoms with Crippen molar-refractivity contribution < 1.29 is 0 Å². The van der Waals surface area contributed by atoms with Gasteiger partial charge in [-0.1, -0.05) is 20.3 Å². The fourth-order valence-electron chi connectivity index (χ4n) is 1.92. The van der Waals surface area contributed by atoms with Crippen LogP contribution in [0.15, 0.2) is 6.20 Å². The number of aromatic nitrogens is 2. The minimum atomic E-state index is 0.496. The van der Waals surface area contributed by atoms with Gasteiger partial charge in [-0.3, -0.25) is 9.97 Å². The highest BCUT2D eigenvalue weighted by Crippen LogP contribution is 2.19. The second kappa shape index (κ2) is 4.07. The van der Waals surface area contributed by atoms with Crippen molar-refractivity contribution in [2.75, 3.05) is 0 Å². The van der Waals surface area contributed by atoms with Crippen LogP contribution in [0, 0.1) is 0 Å². The van der Waals surface area contributed by atoms with Crippen molar-refractivity contribution in [2.24, 2.45) is 0 Å². The molecule has 1 aliphatic rings. The van der Waals surface area contributed by atoms with E-state index in [4.69, 9.17) is 4.98 Å². The van der Waals surface area contributed by atoms with Crippen LogP contribution >= 0.6 is 0 Å². The molecule has 0 N–H and O–H groups in total. The average molecular weight is 190 g/mol. The molecule has 2 nitrogen and oxygen atoms in total. The van der Waals surface area contributed by atoms with Crippen LogP contribution in [0.25, 0.3) is 0 Å². The maximum atomic E-state index is 4.71. The second-order valence-electron chi connectivity index (χ2n) is 4.40. The first-order chi connectivity index (χ1) is 6.77. The van der Waals surface area contributed by atoms with E-state index in [1.807, 2.05) is 6.20 Å². The van der Waals surface area contributed by atoms with Crippen molar-refractivity contribution in [1.82, 2.24) is 9.97 Å². The molecule has 0 aliphatic heterocycles. The number of rotatable bonds is 1. The molecule has 0 saturated carbocycles. The van der Waals surface area contributed by atoms with Gasteiger partial charge in [0.25, 0.3) is 0 Å². The van der Waals surface area contributed by atoms with Crippen LogP contribution in [-0.4, -0.2) is 9.97 Å². The van der Waals surface area contributed by atoms with Gasteiger partial charge in [-0.05, 0) is 31.6 Å².